The van der Waals surface area contributed by atoms with Crippen LogP contribution >= 0.6 is 23.2 Å². The van der Waals surface area contributed by atoms with Gasteiger partial charge in [0, 0.05) is 22.5 Å². The second-order valence-corrected chi connectivity index (χ2v) is 9.32. The van der Waals surface area contributed by atoms with Crippen molar-refractivity contribution in [2.75, 3.05) is 29.0 Å². The van der Waals surface area contributed by atoms with Crippen LogP contribution < -0.4 is 16.0 Å². The lowest BCUT2D eigenvalue weighted by Crippen LogP contribution is -2.40. The number of anilines is 3. The summed E-state index contributed by atoms with van der Waals surface area (Å²) in [4.78, 5) is 44.5. The van der Waals surface area contributed by atoms with Crippen molar-refractivity contribution in [1.82, 2.24) is 9.88 Å². The maximum Gasteiger partial charge on any atom is 0.258 e. The van der Waals surface area contributed by atoms with Crippen molar-refractivity contribution >= 4 is 58.1 Å². The van der Waals surface area contributed by atoms with Crippen molar-refractivity contribution in [1.29, 1.82) is 0 Å². The smallest absolute Gasteiger partial charge is 0.258 e. The van der Waals surface area contributed by atoms with E-state index in [1.54, 1.807) is 48.5 Å². The van der Waals surface area contributed by atoms with Crippen molar-refractivity contribution in [2.45, 2.75) is 25.8 Å². The third-order valence-corrected chi connectivity index (χ3v) is 6.38. The number of carbonyl (C=O) groups excluding carboxylic acids is 3. The summed E-state index contributed by atoms with van der Waals surface area (Å²) >= 11 is 11.9. The molecule has 0 radical (unpaired) electrons. The predicted molar refractivity (Wildman–Crippen MR) is 142 cm³/mol. The van der Waals surface area contributed by atoms with Crippen LogP contribution in [-0.2, 0) is 4.79 Å². The Kier molecular flexibility index (Phi) is 8.20. The highest BCUT2D eigenvalue weighted by atomic mass is 35.5. The van der Waals surface area contributed by atoms with Gasteiger partial charge in [-0.2, -0.15) is 0 Å². The largest absolute Gasteiger partial charge is 0.325 e. The molecule has 1 atom stereocenters. The zero-order valence-corrected chi connectivity index (χ0v) is 21.1. The van der Waals surface area contributed by atoms with E-state index in [2.05, 4.69) is 25.8 Å². The second kappa shape index (κ2) is 11.5. The van der Waals surface area contributed by atoms with Gasteiger partial charge in [-0.1, -0.05) is 23.2 Å². The first-order valence-electron chi connectivity index (χ1n) is 11.5. The molecule has 3 N–H and O–H groups in total. The number of hydrogen-bond acceptors (Lipinski definition) is 5. The highest BCUT2D eigenvalue weighted by molar-refractivity contribution is 6.31. The van der Waals surface area contributed by atoms with Crippen molar-refractivity contribution in [3.63, 3.8) is 0 Å². The van der Waals surface area contributed by atoms with Gasteiger partial charge >= 0.3 is 0 Å². The van der Waals surface area contributed by atoms with Gasteiger partial charge in [-0.05, 0) is 87.5 Å². The number of pyridine rings is 1. The Labute approximate surface area is 219 Å². The number of aromatic nitrogens is 1. The lowest BCUT2D eigenvalue weighted by Gasteiger charge is -2.22. The van der Waals surface area contributed by atoms with Crippen LogP contribution in [0.5, 0.6) is 0 Å². The standard InChI is InChI=1S/C26H25Cl2N5O3/c1-16(33-12-2-3-13-33)24(34)30-20-8-4-17(5-9-20)25(35)31-22-10-6-18(27)14-21(22)26(36)32-23-11-7-19(28)15-29-23/h4-11,14-16H,2-3,12-13H2,1H3,(H,30,34)(H,31,35)(H,29,32,36). The van der Waals surface area contributed by atoms with Crippen molar-refractivity contribution in [3.8, 4) is 0 Å². The molecule has 8 nitrogen and oxygen atoms in total. The molecular weight excluding hydrogens is 501 g/mol. The third-order valence-electron chi connectivity index (χ3n) is 5.93. The van der Waals surface area contributed by atoms with Crippen LogP contribution in [0.15, 0.2) is 60.8 Å². The first kappa shape index (κ1) is 25.6. The number of nitrogens with one attached hydrogen (secondary N) is 3. The van der Waals surface area contributed by atoms with Crippen molar-refractivity contribution in [3.05, 3.63) is 82.0 Å². The molecule has 1 unspecified atom stereocenters. The number of benzene rings is 2. The van der Waals surface area contributed by atoms with E-state index in [0.29, 0.717) is 27.1 Å². The average molecular weight is 526 g/mol. The molecule has 186 valence electrons. The molecule has 1 aliphatic rings. The minimum absolute atomic E-state index is 0.0823. The fourth-order valence-electron chi connectivity index (χ4n) is 3.89. The maximum atomic E-state index is 12.9. The van der Waals surface area contributed by atoms with Gasteiger partial charge in [-0.25, -0.2) is 4.98 Å². The fourth-order valence-corrected chi connectivity index (χ4v) is 4.17. The summed E-state index contributed by atoms with van der Waals surface area (Å²) in [6, 6.07) is 14.1. The number of hydrogen-bond donors (Lipinski definition) is 3. The average Bonchev–Trinajstić information content (AvgIpc) is 3.41. The summed E-state index contributed by atoms with van der Waals surface area (Å²) in [5.41, 5.74) is 1.42. The zero-order valence-electron chi connectivity index (χ0n) is 19.6. The van der Waals surface area contributed by atoms with Gasteiger partial charge in [0.25, 0.3) is 11.8 Å². The molecule has 1 aliphatic heterocycles. The molecule has 3 amide bonds. The second-order valence-electron chi connectivity index (χ2n) is 8.45. The van der Waals surface area contributed by atoms with Gasteiger partial charge in [-0.15, -0.1) is 0 Å². The van der Waals surface area contributed by atoms with E-state index in [-0.39, 0.29) is 23.2 Å². The molecule has 1 fully saturated rings. The minimum atomic E-state index is -0.493. The number of carbonyl (C=O) groups is 3. The van der Waals surface area contributed by atoms with Gasteiger partial charge in [0.15, 0.2) is 0 Å². The normalized spacial score (nSPS) is 14.2. The van der Waals surface area contributed by atoms with Gasteiger partial charge in [-0.3, -0.25) is 19.3 Å². The van der Waals surface area contributed by atoms with Gasteiger partial charge in [0.2, 0.25) is 5.91 Å². The molecule has 0 aliphatic carbocycles. The summed E-state index contributed by atoms with van der Waals surface area (Å²) in [6.45, 7) is 3.74. The van der Waals surface area contributed by atoms with Crippen LogP contribution in [0, 0.1) is 0 Å². The van der Waals surface area contributed by atoms with Crippen LogP contribution in [-0.4, -0.2) is 46.7 Å². The van der Waals surface area contributed by atoms with Gasteiger partial charge in [0.1, 0.15) is 5.82 Å². The Morgan fingerprint density at radius 1 is 0.861 bits per heavy atom. The number of nitrogens with zero attached hydrogens (tertiary/aromatic N) is 2. The fraction of sp³-hybridized carbons (Fsp3) is 0.231. The highest BCUT2D eigenvalue weighted by Gasteiger charge is 2.24. The maximum absolute atomic E-state index is 12.9. The van der Waals surface area contributed by atoms with E-state index in [1.807, 2.05) is 6.92 Å². The molecule has 4 rings (SSSR count). The number of halogens is 2. The molecule has 0 spiro atoms. The molecule has 0 saturated carbocycles. The van der Waals surface area contributed by atoms with Crippen LogP contribution in [0.1, 0.15) is 40.5 Å². The van der Waals surface area contributed by atoms with Gasteiger partial charge in [0.05, 0.1) is 22.3 Å². The monoisotopic (exact) mass is 525 g/mol. The lowest BCUT2D eigenvalue weighted by molar-refractivity contribution is -0.120. The summed E-state index contributed by atoms with van der Waals surface area (Å²) < 4.78 is 0. The van der Waals surface area contributed by atoms with Crippen LogP contribution in [0.2, 0.25) is 10.0 Å². The lowest BCUT2D eigenvalue weighted by atomic mass is 10.1. The molecular formula is C26H25Cl2N5O3. The number of rotatable bonds is 7. The summed E-state index contributed by atoms with van der Waals surface area (Å²) in [7, 11) is 0. The molecule has 10 heteroatoms. The van der Waals surface area contributed by atoms with E-state index in [1.165, 1.54) is 12.3 Å². The first-order chi connectivity index (χ1) is 17.3. The Hall–Kier alpha value is -3.46. The summed E-state index contributed by atoms with van der Waals surface area (Å²) in [5.74, 6) is -0.688. The quantitative estimate of drug-likeness (QED) is 0.387. The Balaban J connectivity index is 1.42. The summed E-state index contributed by atoms with van der Waals surface area (Å²) in [6.07, 6.45) is 3.63. The molecule has 0 bridgehead atoms. The van der Waals surface area contributed by atoms with E-state index >= 15 is 0 Å². The van der Waals surface area contributed by atoms with E-state index in [0.717, 1.165) is 25.9 Å². The molecule has 1 aromatic heterocycles. The molecule has 2 aromatic carbocycles. The Morgan fingerprint density at radius 2 is 1.56 bits per heavy atom. The minimum Gasteiger partial charge on any atom is -0.325 e. The predicted octanol–water partition coefficient (Wildman–Crippen LogP) is 5.32. The Bertz CT molecular complexity index is 1260. The van der Waals surface area contributed by atoms with Crippen LogP contribution in [0.25, 0.3) is 0 Å². The van der Waals surface area contributed by atoms with Crippen molar-refractivity contribution in [2.24, 2.45) is 0 Å². The Morgan fingerprint density at radius 3 is 2.22 bits per heavy atom. The zero-order chi connectivity index (χ0) is 25.7. The van der Waals surface area contributed by atoms with Crippen LogP contribution in [0.4, 0.5) is 17.2 Å². The van der Waals surface area contributed by atoms with E-state index in [9.17, 15) is 14.4 Å². The van der Waals surface area contributed by atoms with Gasteiger partial charge < -0.3 is 16.0 Å². The first-order valence-corrected chi connectivity index (χ1v) is 12.2. The molecule has 2 heterocycles. The van der Waals surface area contributed by atoms with E-state index in [4.69, 9.17) is 23.2 Å². The topological polar surface area (TPSA) is 103 Å². The highest BCUT2D eigenvalue weighted by Crippen LogP contribution is 2.23. The molecule has 3 aromatic rings. The van der Waals surface area contributed by atoms with E-state index < -0.39 is 11.8 Å². The SMILES string of the molecule is CC(C(=O)Nc1ccc(C(=O)Nc2ccc(Cl)cc2C(=O)Nc2ccc(Cl)cn2)cc1)N1CCCC1. The molecule has 1 saturated heterocycles. The number of amides is 3. The third kappa shape index (κ3) is 6.40. The summed E-state index contributed by atoms with van der Waals surface area (Å²) in [5, 5.41) is 9.09. The van der Waals surface area contributed by atoms with Crippen LogP contribution in [0.3, 0.4) is 0 Å². The molecule has 36 heavy (non-hydrogen) atoms. The number of likely N-dealkylation sites (tertiary alicyclic amines) is 1. The van der Waals surface area contributed by atoms with Crippen molar-refractivity contribution < 1.29 is 14.4 Å².